The molecule has 0 spiro atoms. The second kappa shape index (κ2) is 5.50. The van der Waals surface area contributed by atoms with Gasteiger partial charge in [-0.15, -0.1) is 0 Å². The molecule has 1 aliphatic carbocycles. The van der Waals surface area contributed by atoms with E-state index in [-0.39, 0.29) is 6.03 Å². The van der Waals surface area contributed by atoms with Gasteiger partial charge in [-0.3, -0.25) is 4.90 Å². The van der Waals surface area contributed by atoms with Crippen molar-refractivity contribution in [2.24, 2.45) is 5.73 Å². The van der Waals surface area contributed by atoms with Gasteiger partial charge in [0.2, 0.25) is 0 Å². The summed E-state index contributed by atoms with van der Waals surface area (Å²) in [5, 5.41) is 3.03. The molecule has 1 heterocycles. The Balaban J connectivity index is 1.65. The van der Waals surface area contributed by atoms with Crippen molar-refractivity contribution in [1.82, 2.24) is 15.1 Å². The number of hydrogen-bond donors (Lipinski definition) is 2. The van der Waals surface area contributed by atoms with E-state index in [0.717, 1.165) is 58.5 Å². The van der Waals surface area contributed by atoms with Crippen LogP contribution in [-0.4, -0.2) is 61.1 Å². The zero-order valence-corrected chi connectivity index (χ0v) is 9.82. The Labute approximate surface area is 96.9 Å². The van der Waals surface area contributed by atoms with Crippen LogP contribution in [0.2, 0.25) is 0 Å². The maximum Gasteiger partial charge on any atom is 0.317 e. The molecular weight excluding hydrogens is 204 g/mol. The van der Waals surface area contributed by atoms with E-state index in [0.29, 0.717) is 6.04 Å². The Hall–Kier alpha value is -0.810. The van der Waals surface area contributed by atoms with Gasteiger partial charge in [0, 0.05) is 32.2 Å². The number of carbonyl (C=O) groups excluding carboxylic acids is 1. The Bertz CT molecular complexity index is 234. The maximum atomic E-state index is 11.7. The SMILES string of the molecule is NCCCN1CCN(C(=O)NC2CC2)CC1. The van der Waals surface area contributed by atoms with Crippen LogP contribution in [0.3, 0.4) is 0 Å². The molecule has 0 radical (unpaired) electrons. The lowest BCUT2D eigenvalue weighted by atomic mass is 10.3. The summed E-state index contributed by atoms with van der Waals surface area (Å²) in [7, 11) is 0. The van der Waals surface area contributed by atoms with Crippen LogP contribution in [0, 0.1) is 0 Å². The first kappa shape index (κ1) is 11.7. The van der Waals surface area contributed by atoms with Gasteiger partial charge in [-0.1, -0.05) is 0 Å². The van der Waals surface area contributed by atoms with E-state index in [1.165, 1.54) is 0 Å². The highest BCUT2D eigenvalue weighted by molar-refractivity contribution is 5.75. The molecule has 2 amide bonds. The number of hydrogen-bond acceptors (Lipinski definition) is 3. The van der Waals surface area contributed by atoms with Gasteiger partial charge < -0.3 is 16.0 Å². The van der Waals surface area contributed by atoms with Crippen molar-refractivity contribution in [1.29, 1.82) is 0 Å². The fourth-order valence-corrected chi connectivity index (χ4v) is 1.98. The van der Waals surface area contributed by atoms with Crippen molar-refractivity contribution in [3.63, 3.8) is 0 Å². The van der Waals surface area contributed by atoms with Crippen LogP contribution in [0.5, 0.6) is 0 Å². The third kappa shape index (κ3) is 3.35. The third-order valence-corrected chi connectivity index (χ3v) is 3.24. The molecule has 2 fully saturated rings. The van der Waals surface area contributed by atoms with Gasteiger partial charge >= 0.3 is 6.03 Å². The highest BCUT2D eigenvalue weighted by Gasteiger charge is 2.27. The summed E-state index contributed by atoms with van der Waals surface area (Å²) in [5.74, 6) is 0. The van der Waals surface area contributed by atoms with Crippen molar-refractivity contribution >= 4 is 6.03 Å². The zero-order chi connectivity index (χ0) is 11.4. The second-order valence-electron chi connectivity index (χ2n) is 4.69. The van der Waals surface area contributed by atoms with Crippen molar-refractivity contribution in [3.05, 3.63) is 0 Å². The summed E-state index contributed by atoms with van der Waals surface area (Å²) >= 11 is 0. The van der Waals surface area contributed by atoms with E-state index in [2.05, 4.69) is 10.2 Å². The molecule has 1 aliphatic heterocycles. The predicted molar refractivity (Wildman–Crippen MR) is 63.2 cm³/mol. The molecule has 5 heteroatoms. The fourth-order valence-electron chi connectivity index (χ4n) is 1.98. The maximum absolute atomic E-state index is 11.7. The van der Waals surface area contributed by atoms with Crippen LogP contribution in [0.15, 0.2) is 0 Å². The normalized spacial score (nSPS) is 22.2. The summed E-state index contributed by atoms with van der Waals surface area (Å²) < 4.78 is 0. The van der Waals surface area contributed by atoms with Gasteiger partial charge in [0.05, 0.1) is 0 Å². The quantitative estimate of drug-likeness (QED) is 0.699. The molecule has 1 saturated heterocycles. The second-order valence-corrected chi connectivity index (χ2v) is 4.69. The Kier molecular flexibility index (Phi) is 4.01. The van der Waals surface area contributed by atoms with Crippen LogP contribution < -0.4 is 11.1 Å². The average molecular weight is 226 g/mol. The largest absolute Gasteiger partial charge is 0.335 e. The number of rotatable bonds is 4. The number of urea groups is 1. The van der Waals surface area contributed by atoms with E-state index < -0.39 is 0 Å². The van der Waals surface area contributed by atoms with Crippen LogP contribution in [0.25, 0.3) is 0 Å². The van der Waals surface area contributed by atoms with Crippen LogP contribution in [0.1, 0.15) is 19.3 Å². The summed E-state index contributed by atoms with van der Waals surface area (Å²) in [6, 6.07) is 0.587. The minimum Gasteiger partial charge on any atom is -0.335 e. The molecule has 5 nitrogen and oxygen atoms in total. The van der Waals surface area contributed by atoms with E-state index in [4.69, 9.17) is 5.73 Å². The van der Waals surface area contributed by atoms with Gasteiger partial charge in [0.25, 0.3) is 0 Å². The predicted octanol–water partition coefficient (Wildman–Crippen LogP) is -0.175. The number of amides is 2. The lowest BCUT2D eigenvalue weighted by Gasteiger charge is -2.34. The molecule has 0 aromatic carbocycles. The first-order valence-electron chi connectivity index (χ1n) is 6.27. The standard InChI is InChI=1S/C11H22N4O/c12-4-1-5-14-6-8-15(9-7-14)11(16)13-10-2-3-10/h10H,1-9,12H2,(H,13,16). The van der Waals surface area contributed by atoms with Crippen molar-refractivity contribution < 1.29 is 4.79 Å². The number of carbonyl (C=O) groups is 1. The van der Waals surface area contributed by atoms with E-state index in [9.17, 15) is 4.79 Å². The number of nitrogens with one attached hydrogen (secondary N) is 1. The van der Waals surface area contributed by atoms with E-state index in [1.54, 1.807) is 0 Å². The van der Waals surface area contributed by atoms with Crippen LogP contribution >= 0.6 is 0 Å². The van der Waals surface area contributed by atoms with Gasteiger partial charge in [-0.25, -0.2) is 4.79 Å². The Morgan fingerprint density at radius 2 is 1.94 bits per heavy atom. The van der Waals surface area contributed by atoms with Gasteiger partial charge in [0.15, 0.2) is 0 Å². The number of piperazine rings is 1. The van der Waals surface area contributed by atoms with Gasteiger partial charge in [0.1, 0.15) is 0 Å². The minimum atomic E-state index is 0.126. The van der Waals surface area contributed by atoms with Crippen LogP contribution in [-0.2, 0) is 0 Å². The molecular formula is C11H22N4O. The minimum absolute atomic E-state index is 0.126. The fraction of sp³-hybridized carbons (Fsp3) is 0.909. The smallest absolute Gasteiger partial charge is 0.317 e. The molecule has 0 unspecified atom stereocenters. The van der Waals surface area contributed by atoms with Crippen molar-refractivity contribution in [2.45, 2.75) is 25.3 Å². The zero-order valence-electron chi connectivity index (χ0n) is 9.82. The molecule has 92 valence electrons. The highest BCUT2D eigenvalue weighted by Crippen LogP contribution is 2.19. The molecule has 2 rings (SSSR count). The molecule has 0 bridgehead atoms. The topological polar surface area (TPSA) is 61.6 Å². The molecule has 2 aliphatic rings. The van der Waals surface area contributed by atoms with Gasteiger partial charge in [-0.2, -0.15) is 0 Å². The van der Waals surface area contributed by atoms with E-state index >= 15 is 0 Å². The highest BCUT2D eigenvalue weighted by atomic mass is 16.2. The average Bonchev–Trinajstić information content (AvgIpc) is 3.11. The molecule has 0 aromatic heterocycles. The first-order valence-corrected chi connectivity index (χ1v) is 6.27. The number of nitrogens with two attached hydrogens (primary N) is 1. The summed E-state index contributed by atoms with van der Waals surface area (Å²) in [5.41, 5.74) is 5.48. The molecule has 0 atom stereocenters. The summed E-state index contributed by atoms with van der Waals surface area (Å²) in [6.07, 6.45) is 3.36. The van der Waals surface area contributed by atoms with Crippen molar-refractivity contribution in [2.75, 3.05) is 39.3 Å². The lowest BCUT2D eigenvalue weighted by molar-refractivity contribution is 0.138. The van der Waals surface area contributed by atoms with Gasteiger partial charge in [-0.05, 0) is 32.4 Å². The molecule has 16 heavy (non-hydrogen) atoms. The summed E-state index contributed by atoms with van der Waals surface area (Å²) in [4.78, 5) is 16.1. The van der Waals surface area contributed by atoms with Crippen LogP contribution in [0.4, 0.5) is 4.79 Å². The summed E-state index contributed by atoms with van der Waals surface area (Å²) in [6.45, 7) is 5.49. The Morgan fingerprint density at radius 3 is 2.50 bits per heavy atom. The third-order valence-electron chi connectivity index (χ3n) is 3.24. The molecule has 1 saturated carbocycles. The Morgan fingerprint density at radius 1 is 1.25 bits per heavy atom. The van der Waals surface area contributed by atoms with Crippen molar-refractivity contribution in [3.8, 4) is 0 Å². The molecule has 0 aromatic rings. The van der Waals surface area contributed by atoms with E-state index in [1.807, 2.05) is 4.90 Å². The monoisotopic (exact) mass is 226 g/mol. The molecule has 3 N–H and O–H groups in total. The lowest BCUT2D eigenvalue weighted by Crippen LogP contribution is -2.52. The first-order chi connectivity index (χ1) is 7.79. The number of nitrogens with zero attached hydrogens (tertiary/aromatic N) is 2.